The Hall–Kier alpha value is -0.890. The third-order valence-electron chi connectivity index (χ3n) is 4.05. The van der Waals surface area contributed by atoms with Crippen molar-refractivity contribution >= 4 is 0 Å². The number of benzene rings is 1. The Balaban J connectivity index is 1.99. The van der Waals surface area contributed by atoms with Crippen LogP contribution in [-0.2, 0) is 6.54 Å². The molecule has 0 aromatic heterocycles. The van der Waals surface area contributed by atoms with E-state index >= 15 is 0 Å². The van der Waals surface area contributed by atoms with E-state index in [1.807, 2.05) is 12.1 Å². The molecule has 0 saturated carbocycles. The van der Waals surface area contributed by atoms with Gasteiger partial charge in [-0.2, -0.15) is 0 Å². The Morgan fingerprint density at radius 2 is 1.71 bits per heavy atom. The number of halogens is 1. The Bertz CT molecular complexity index is 352. The molecule has 0 radical (unpaired) electrons. The lowest BCUT2D eigenvalue weighted by Gasteiger charge is -2.16. The molecule has 0 spiro atoms. The molecule has 1 nitrogen and oxygen atoms in total. The summed E-state index contributed by atoms with van der Waals surface area (Å²) >= 11 is 0. The largest absolute Gasteiger partial charge is 0.298 e. The number of hydrogen-bond acceptors (Lipinski definition) is 1. The molecule has 1 fully saturated rings. The molecule has 1 aliphatic rings. The van der Waals surface area contributed by atoms with Crippen LogP contribution in [0.25, 0.3) is 0 Å². The minimum Gasteiger partial charge on any atom is -0.298 e. The average Bonchev–Trinajstić information content (AvgIpc) is 2.74. The van der Waals surface area contributed by atoms with Crippen LogP contribution in [0.2, 0.25) is 0 Å². The first kappa shape index (κ1) is 12.6. The van der Waals surface area contributed by atoms with Crippen LogP contribution in [0.3, 0.4) is 0 Å². The predicted octanol–water partition coefficient (Wildman–Crippen LogP) is 3.69. The van der Waals surface area contributed by atoms with Crippen LogP contribution >= 0.6 is 0 Å². The Morgan fingerprint density at radius 3 is 2.24 bits per heavy atom. The molecule has 2 unspecified atom stereocenters. The van der Waals surface area contributed by atoms with Gasteiger partial charge >= 0.3 is 0 Å². The number of likely N-dealkylation sites (tertiary alicyclic amines) is 1. The van der Waals surface area contributed by atoms with E-state index in [9.17, 15) is 4.39 Å². The molecule has 2 atom stereocenters. The van der Waals surface area contributed by atoms with Gasteiger partial charge in [0.25, 0.3) is 0 Å². The highest BCUT2D eigenvalue weighted by molar-refractivity contribution is 5.17. The molecular formula is C15H22FN. The van der Waals surface area contributed by atoms with Crippen LogP contribution < -0.4 is 0 Å². The normalized spacial score (nSPS) is 25.4. The topological polar surface area (TPSA) is 3.24 Å². The van der Waals surface area contributed by atoms with Gasteiger partial charge in [0.1, 0.15) is 5.82 Å². The van der Waals surface area contributed by atoms with Crippen molar-refractivity contribution < 1.29 is 4.39 Å². The highest BCUT2D eigenvalue weighted by atomic mass is 19.1. The summed E-state index contributed by atoms with van der Waals surface area (Å²) in [6, 6.07) is 7.13. The molecule has 94 valence electrons. The zero-order valence-electron chi connectivity index (χ0n) is 10.8. The smallest absolute Gasteiger partial charge is 0.127 e. The molecule has 1 saturated heterocycles. The van der Waals surface area contributed by atoms with Crippen molar-refractivity contribution in [1.82, 2.24) is 4.90 Å². The van der Waals surface area contributed by atoms with Crippen molar-refractivity contribution in [2.75, 3.05) is 13.1 Å². The zero-order valence-corrected chi connectivity index (χ0v) is 10.8. The number of rotatable bonds is 4. The fourth-order valence-electron chi connectivity index (χ4n) is 2.96. The van der Waals surface area contributed by atoms with Crippen molar-refractivity contribution in [2.45, 2.75) is 33.2 Å². The maximum Gasteiger partial charge on any atom is 0.127 e. The van der Waals surface area contributed by atoms with Gasteiger partial charge < -0.3 is 0 Å². The zero-order chi connectivity index (χ0) is 12.3. The number of hydrogen-bond donors (Lipinski definition) is 0. The maximum atomic E-state index is 13.6. The van der Waals surface area contributed by atoms with E-state index in [1.165, 1.54) is 12.8 Å². The second-order valence-electron chi connectivity index (χ2n) is 5.12. The lowest BCUT2D eigenvalue weighted by Crippen LogP contribution is -2.21. The predicted molar refractivity (Wildman–Crippen MR) is 69.2 cm³/mol. The maximum absolute atomic E-state index is 13.6. The van der Waals surface area contributed by atoms with E-state index in [2.05, 4.69) is 18.7 Å². The standard InChI is InChI=1S/C15H22FN/c1-3-12-9-17(10-13(12)4-2)11-14-7-5-6-8-15(14)16/h5-8,12-13H,3-4,9-11H2,1-2H3. The van der Waals surface area contributed by atoms with Crippen LogP contribution in [0.5, 0.6) is 0 Å². The van der Waals surface area contributed by atoms with Crippen molar-refractivity contribution in [1.29, 1.82) is 0 Å². The van der Waals surface area contributed by atoms with Gasteiger partial charge in [0.05, 0.1) is 0 Å². The summed E-state index contributed by atoms with van der Waals surface area (Å²) in [6.07, 6.45) is 2.48. The minimum absolute atomic E-state index is 0.0690. The molecule has 17 heavy (non-hydrogen) atoms. The van der Waals surface area contributed by atoms with E-state index in [0.717, 1.165) is 37.0 Å². The molecule has 0 bridgehead atoms. The molecule has 0 amide bonds. The molecule has 1 aromatic carbocycles. The lowest BCUT2D eigenvalue weighted by molar-refractivity contribution is 0.306. The molecule has 1 aliphatic heterocycles. The summed E-state index contributed by atoms with van der Waals surface area (Å²) in [5.41, 5.74) is 0.833. The third-order valence-corrected chi connectivity index (χ3v) is 4.05. The van der Waals surface area contributed by atoms with E-state index in [-0.39, 0.29) is 5.82 Å². The van der Waals surface area contributed by atoms with Crippen molar-refractivity contribution in [3.05, 3.63) is 35.6 Å². The number of nitrogens with zero attached hydrogens (tertiary/aromatic N) is 1. The Labute approximate surface area is 104 Å². The first-order valence-corrected chi connectivity index (χ1v) is 6.70. The monoisotopic (exact) mass is 235 g/mol. The van der Waals surface area contributed by atoms with Crippen LogP contribution in [0.15, 0.2) is 24.3 Å². The van der Waals surface area contributed by atoms with Gasteiger partial charge in [-0.25, -0.2) is 4.39 Å². The van der Waals surface area contributed by atoms with E-state index in [1.54, 1.807) is 12.1 Å². The summed E-state index contributed by atoms with van der Waals surface area (Å²) < 4.78 is 13.6. The van der Waals surface area contributed by atoms with E-state index in [4.69, 9.17) is 0 Å². The van der Waals surface area contributed by atoms with E-state index in [0.29, 0.717) is 0 Å². The van der Waals surface area contributed by atoms with E-state index < -0.39 is 0 Å². The molecule has 0 N–H and O–H groups in total. The van der Waals surface area contributed by atoms with Crippen LogP contribution in [0.1, 0.15) is 32.3 Å². The molecule has 0 aliphatic carbocycles. The summed E-state index contributed by atoms with van der Waals surface area (Å²) in [5, 5.41) is 0. The van der Waals surface area contributed by atoms with Crippen LogP contribution in [0, 0.1) is 17.7 Å². The van der Waals surface area contributed by atoms with Crippen LogP contribution in [-0.4, -0.2) is 18.0 Å². The first-order chi connectivity index (χ1) is 8.24. The van der Waals surface area contributed by atoms with Gasteiger partial charge in [0, 0.05) is 25.2 Å². The van der Waals surface area contributed by atoms with Gasteiger partial charge in [-0.1, -0.05) is 44.9 Å². The quantitative estimate of drug-likeness (QED) is 0.769. The first-order valence-electron chi connectivity index (χ1n) is 6.70. The summed E-state index contributed by atoms with van der Waals surface area (Å²) in [6.45, 7) is 7.55. The molecule has 1 aromatic rings. The highest BCUT2D eigenvalue weighted by Crippen LogP contribution is 2.29. The average molecular weight is 235 g/mol. The fraction of sp³-hybridized carbons (Fsp3) is 0.600. The van der Waals surface area contributed by atoms with Gasteiger partial charge in [-0.05, 0) is 17.9 Å². The summed E-state index contributed by atoms with van der Waals surface area (Å²) in [4.78, 5) is 2.40. The molecule has 1 heterocycles. The van der Waals surface area contributed by atoms with Gasteiger partial charge in [-0.15, -0.1) is 0 Å². The molecule has 2 heteroatoms. The molecular weight excluding hydrogens is 213 g/mol. The summed E-state index contributed by atoms with van der Waals surface area (Å²) in [5.74, 6) is 1.53. The molecule has 2 rings (SSSR count). The fourth-order valence-corrected chi connectivity index (χ4v) is 2.96. The van der Waals surface area contributed by atoms with Gasteiger partial charge in [-0.3, -0.25) is 4.90 Å². The van der Waals surface area contributed by atoms with Crippen molar-refractivity contribution in [2.24, 2.45) is 11.8 Å². The van der Waals surface area contributed by atoms with Crippen molar-refractivity contribution in [3.8, 4) is 0 Å². The third kappa shape index (κ3) is 2.86. The van der Waals surface area contributed by atoms with Crippen molar-refractivity contribution in [3.63, 3.8) is 0 Å². The lowest BCUT2D eigenvalue weighted by atomic mass is 9.92. The minimum atomic E-state index is -0.0690. The highest BCUT2D eigenvalue weighted by Gasteiger charge is 2.30. The Kier molecular flexibility index (Phi) is 4.16. The van der Waals surface area contributed by atoms with Gasteiger partial charge in [0.15, 0.2) is 0 Å². The van der Waals surface area contributed by atoms with Gasteiger partial charge in [0.2, 0.25) is 0 Å². The Morgan fingerprint density at radius 1 is 1.12 bits per heavy atom. The summed E-state index contributed by atoms with van der Waals surface area (Å²) in [7, 11) is 0. The second-order valence-corrected chi connectivity index (χ2v) is 5.12. The SMILES string of the molecule is CCC1CN(Cc2ccccc2F)CC1CC. The second kappa shape index (κ2) is 5.63. The van der Waals surface area contributed by atoms with Crippen LogP contribution in [0.4, 0.5) is 4.39 Å².